The minimum absolute atomic E-state index is 0.702. The van der Waals surface area contributed by atoms with E-state index < -0.39 is 0 Å². The Bertz CT molecular complexity index is 414. The van der Waals surface area contributed by atoms with Crippen LogP contribution < -0.4 is 5.32 Å². The molecule has 2 rings (SSSR count). The molecule has 0 bridgehead atoms. The third kappa shape index (κ3) is 3.54. The Labute approximate surface area is 121 Å². The summed E-state index contributed by atoms with van der Waals surface area (Å²) in [7, 11) is 0. The molecular weight excluding hydrogens is 254 g/mol. The van der Waals surface area contributed by atoms with E-state index in [0.717, 1.165) is 18.3 Å². The first-order chi connectivity index (χ1) is 9.15. The number of aryl methyl sites for hydroxylation is 2. The number of hydrogen-bond donors (Lipinski definition) is 1. The molecule has 19 heavy (non-hydrogen) atoms. The molecule has 1 aliphatic carbocycles. The summed E-state index contributed by atoms with van der Waals surface area (Å²) >= 11 is 2.12. The second kappa shape index (κ2) is 6.80. The summed E-state index contributed by atoms with van der Waals surface area (Å²) in [5.41, 5.74) is 3.91. The van der Waals surface area contributed by atoms with Crippen molar-refractivity contribution in [1.29, 1.82) is 0 Å². The SMILES string of the molecule is CCS[C@@H]1CC[C@@H](NCc2c(C)nn(CC)c2C)C1. The zero-order valence-electron chi connectivity index (χ0n) is 12.7. The van der Waals surface area contributed by atoms with Crippen molar-refractivity contribution < 1.29 is 0 Å². The largest absolute Gasteiger partial charge is 0.310 e. The molecule has 0 radical (unpaired) electrons. The molecule has 4 heteroatoms. The summed E-state index contributed by atoms with van der Waals surface area (Å²) < 4.78 is 2.11. The quantitative estimate of drug-likeness (QED) is 0.868. The molecule has 2 atom stereocenters. The van der Waals surface area contributed by atoms with Crippen LogP contribution in [0.3, 0.4) is 0 Å². The Morgan fingerprint density at radius 3 is 2.74 bits per heavy atom. The maximum atomic E-state index is 4.59. The minimum atomic E-state index is 0.702. The van der Waals surface area contributed by atoms with E-state index in [0.29, 0.717) is 6.04 Å². The summed E-state index contributed by atoms with van der Waals surface area (Å²) in [5, 5.41) is 9.21. The lowest BCUT2D eigenvalue weighted by atomic mass is 10.1. The topological polar surface area (TPSA) is 29.9 Å². The van der Waals surface area contributed by atoms with Gasteiger partial charge in [-0.3, -0.25) is 4.68 Å². The van der Waals surface area contributed by atoms with Crippen LogP contribution in [0.4, 0.5) is 0 Å². The minimum Gasteiger partial charge on any atom is -0.310 e. The number of thioether (sulfide) groups is 1. The fourth-order valence-electron chi connectivity index (χ4n) is 3.06. The van der Waals surface area contributed by atoms with Gasteiger partial charge in [0.05, 0.1) is 5.69 Å². The van der Waals surface area contributed by atoms with Crippen molar-refractivity contribution in [3.8, 4) is 0 Å². The average Bonchev–Trinajstić information content (AvgIpc) is 2.93. The van der Waals surface area contributed by atoms with Gasteiger partial charge >= 0.3 is 0 Å². The second-order valence-corrected chi connectivity index (χ2v) is 7.01. The summed E-state index contributed by atoms with van der Waals surface area (Å²) in [6, 6.07) is 0.702. The second-order valence-electron chi connectivity index (χ2n) is 5.43. The molecule has 0 aliphatic heterocycles. The molecule has 0 unspecified atom stereocenters. The summed E-state index contributed by atoms with van der Waals surface area (Å²) in [6.45, 7) is 10.7. The average molecular weight is 281 g/mol. The van der Waals surface area contributed by atoms with Crippen LogP contribution >= 0.6 is 11.8 Å². The van der Waals surface area contributed by atoms with E-state index in [1.165, 1.54) is 42.0 Å². The Morgan fingerprint density at radius 1 is 1.32 bits per heavy atom. The van der Waals surface area contributed by atoms with Crippen LogP contribution in [0.2, 0.25) is 0 Å². The Hall–Kier alpha value is -0.480. The highest BCUT2D eigenvalue weighted by molar-refractivity contribution is 7.99. The molecule has 1 fully saturated rings. The smallest absolute Gasteiger partial charge is 0.0641 e. The number of aromatic nitrogens is 2. The Balaban J connectivity index is 1.88. The van der Waals surface area contributed by atoms with Crippen LogP contribution in [0.25, 0.3) is 0 Å². The molecular formula is C15H27N3S. The zero-order valence-corrected chi connectivity index (χ0v) is 13.5. The van der Waals surface area contributed by atoms with E-state index in [-0.39, 0.29) is 0 Å². The molecule has 3 nitrogen and oxygen atoms in total. The van der Waals surface area contributed by atoms with E-state index in [1.54, 1.807) is 0 Å². The van der Waals surface area contributed by atoms with Gasteiger partial charge in [0, 0.05) is 35.6 Å². The van der Waals surface area contributed by atoms with Crippen molar-refractivity contribution in [2.75, 3.05) is 5.75 Å². The third-order valence-corrected chi connectivity index (χ3v) is 5.42. The molecule has 1 aromatic rings. The fraction of sp³-hybridized carbons (Fsp3) is 0.800. The molecule has 1 aliphatic rings. The van der Waals surface area contributed by atoms with Gasteiger partial charge in [0.1, 0.15) is 0 Å². The molecule has 1 saturated carbocycles. The van der Waals surface area contributed by atoms with Crippen molar-refractivity contribution in [3.05, 3.63) is 17.0 Å². The maximum Gasteiger partial charge on any atom is 0.0641 e. The van der Waals surface area contributed by atoms with Crippen molar-refractivity contribution in [3.63, 3.8) is 0 Å². The standard InChI is InChI=1S/C15H27N3S/c1-5-18-12(4)15(11(3)17-18)10-16-13-7-8-14(9-13)19-6-2/h13-14,16H,5-10H2,1-4H3/t13-,14-/m1/s1. The van der Waals surface area contributed by atoms with Crippen LogP contribution in [0.5, 0.6) is 0 Å². The van der Waals surface area contributed by atoms with Gasteiger partial charge in [0.15, 0.2) is 0 Å². The normalized spacial score (nSPS) is 23.2. The Kier molecular flexibility index (Phi) is 5.34. The summed E-state index contributed by atoms with van der Waals surface area (Å²) in [4.78, 5) is 0. The van der Waals surface area contributed by atoms with Crippen LogP contribution in [0.15, 0.2) is 0 Å². The predicted molar refractivity (Wildman–Crippen MR) is 83.8 cm³/mol. The molecule has 1 aromatic heterocycles. The van der Waals surface area contributed by atoms with Gasteiger partial charge in [-0.05, 0) is 45.8 Å². The lowest BCUT2D eigenvalue weighted by Crippen LogP contribution is -2.26. The van der Waals surface area contributed by atoms with Gasteiger partial charge < -0.3 is 5.32 Å². The lowest BCUT2D eigenvalue weighted by Gasteiger charge is -2.13. The monoisotopic (exact) mass is 281 g/mol. The van der Waals surface area contributed by atoms with Gasteiger partial charge in [-0.2, -0.15) is 16.9 Å². The molecule has 108 valence electrons. The van der Waals surface area contributed by atoms with Gasteiger partial charge in [0.2, 0.25) is 0 Å². The maximum absolute atomic E-state index is 4.59. The number of nitrogens with one attached hydrogen (secondary N) is 1. The molecule has 1 heterocycles. The Morgan fingerprint density at radius 2 is 2.11 bits per heavy atom. The first-order valence-electron chi connectivity index (χ1n) is 7.53. The van der Waals surface area contributed by atoms with E-state index in [9.17, 15) is 0 Å². The lowest BCUT2D eigenvalue weighted by molar-refractivity contribution is 0.522. The van der Waals surface area contributed by atoms with Crippen LogP contribution in [0, 0.1) is 13.8 Å². The summed E-state index contributed by atoms with van der Waals surface area (Å²) in [6.07, 6.45) is 4.04. The van der Waals surface area contributed by atoms with Gasteiger partial charge in [-0.25, -0.2) is 0 Å². The third-order valence-electron chi connectivity index (χ3n) is 4.19. The zero-order chi connectivity index (χ0) is 13.8. The highest BCUT2D eigenvalue weighted by Crippen LogP contribution is 2.30. The fourth-order valence-corrected chi connectivity index (χ4v) is 4.20. The van der Waals surface area contributed by atoms with Gasteiger partial charge in [-0.15, -0.1) is 0 Å². The first-order valence-corrected chi connectivity index (χ1v) is 8.58. The predicted octanol–water partition coefficient (Wildman–Crippen LogP) is 3.28. The van der Waals surface area contributed by atoms with Crippen molar-refractivity contribution >= 4 is 11.8 Å². The van der Waals surface area contributed by atoms with Crippen LogP contribution in [-0.4, -0.2) is 26.8 Å². The first kappa shape index (κ1) is 14.9. The highest BCUT2D eigenvalue weighted by atomic mass is 32.2. The van der Waals surface area contributed by atoms with E-state index in [4.69, 9.17) is 0 Å². The van der Waals surface area contributed by atoms with E-state index in [1.807, 2.05) is 0 Å². The van der Waals surface area contributed by atoms with Crippen molar-refractivity contribution in [1.82, 2.24) is 15.1 Å². The molecule has 1 N–H and O–H groups in total. The summed E-state index contributed by atoms with van der Waals surface area (Å²) in [5.74, 6) is 1.25. The van der Waals surface area contributed by atoms with Gasteiger partial charge in [-0.1, -0.05) is 6.92 Å². The number of rotatable bonds is 6. The van der Waals surface area contributed by atoms with E-state index >= 15 is 0 Å². The molecule has 0 saturated heterocycles. The highest BCUT2D eigenvalue weighted by Gasteiger charge is 2.24. The van der Waals surface area contributed by atoms with Crippen molar-refractivity contribution in [2.45, 2.75) is 71.3 Å². The van der Waals surface area contributed by atoms with E-state index in [2.05, 4.69) is 54.6 Å². The van der Waals surface area contributed by atoms with Crippen molar-refractivity contribution in [2.24, 2.45) is 0 Å². The molecule has 0 amide bonds. The number of hydrogen-bond acceptors (Lipinski definition) is 3. The van der Waals surface area contributed by atoms with Crippen LogP contribution in [0.1, 0.15) is 50.1 Å². The number of nitrogens with zero attached hydrogens (tertiary/aromatic N) is 2. The van der Waals surface area contributed by atoms with Gasteiger partial charge in [0.25, 0.3) is 0 Å². The molecule has 0 aromatic carbocycles. The van der Waals surface area contributed by atoms with Crippen LogP contribution in [-0.2, 0) is 13.1 Å². The molecule has 0 spiro atoms.